The number of hydrogen-bond acceptors (Lipinski definition) is 2. The number of ether oxygens (including phenoxy) is 1. The minimum absolute atomic E-state index is 0.0368. The van der Waals surface area contributed by atoms with Crippen LogP contribution in [0.1, 0.15) is 17.2 Å². The molecule has 2 aromatic rings. The van der Waals surface area contributed by atoms with Gasteiger partial charge in [-0.15, -0.1) is 0 Å². The number of phenols is 1. The molecule has 2 aromatic carbocycles. The van der Waals surface area contributed by atoms with Crippen LogP contribution in [-0.2, 0) is 4.74 Å². The van der Waals surface area contributed by atoms with Crippen molar-refractivity contribution in [2.45, 2.75) is 6.04 Å². The lowest BCUT2D eigenvalue weighted by Gasteiger charge is -2.29. The Morgan fingerprint density at radius 2 is 1.64 bits per heavy atom. The molecule has 1 aliphatic rings. The predicted molar refractivity (Wildman–Crippen MR) is 85.7 cm³/mol. The summed E-state index contributed by atoms with van der Waals surface area (Å²) in [5.74, 6) is 6.92. The second kappa shape index (κ2) is 7.13. The molecular weight excluding hydrogens is 274 g/mol. The molecule has 0 spiro atoms. The smallest absolute Gasteiger partial charge is 0.179 e. The van der Waals surface area contributed by atoms with E-state index in [1.807, 2.05) is 48.5 Å². The number of quaternary nitrogens is 1. The molecule has 0 amide bonds. The monoisotopic (exact) mass is 294 g/mol. The summed E-state index contributed by atoms with van der Waals surface area (Å²) >= 11 is 0. The van der Waals surface area contributed by atoms with Gasteiger partial charge in [-0.1, -0.05) is 36.3 Å². The maximum absolute atomic E-state index is 10.2. The molecule has 0 unspecified atom stereocenters. The Labute approximate surface area is 131 Å². The summed E-state index contributed by atoms with van der Waals surface area (Å²) in [5.41, 5.74) is 1.89. The van der Waals surface area contributed by atoms with Crippen molar-refractivity contribution in [3.8, 4) is 17.6 Å². The maximum atomic E-state index is 10.2. The number of benzene rings is 2. The summed E-state index contributed by atoms with van der Waals surface area (Å²) in [6.45, 7) is 3.30. The number of hydrogen-bond donors (Lipinski definition) is 2. The van der Waals surface area contributed by atoms with Gasteiger partial charge < -0.3 is 14.7 Å². The minimum atomic E-state index is -0.0368. The van der Waals surface area contributed by atoms with Crippen molar-refractivity contribution in [2.24, 2.45) is 0 Å². The number of morpholine rings is 1. The first-order chi connectivity index (χ1) is 10.8. The molecule has 1 heterocycles. The molecule has 3 heteroatoms. The van der Waals surface area contributed by atoms with Gasteiger partial charge in [0, 0.05) is 5.56 Å². The SMILES string of the molecule is Oc1ccccc1[C@H](C#Cc1ccccc1)[NH+]1CCOCC1. The summed E-state index contributed by atoms with van der Waals surface area (Å²) in [4.78, 5) is 1.34. The Morgan fingerprint density at radius 3 is 2.36 bits per heavy atom. The molecule has 0 bridgehead atoms. The van der Waals surface area contributed by atoms with Crippen LogP contribution in [0.4, 0.5) is 0 Å². The van der Waals surface area contributed by atoms with Crippen molar-refractivity contribution in [3.63, 3.8) is 0 Å². The van der Waals surface area contributed by atoms with E-state index >= 15 is 0 Å². The van der Waals surface area contributed by atoms with Crippen LogP contribution >= 0.6 is 0 Å². The van der Waals surface area contributed by atoms with Crippen molar-refractivity contribution in [1.29, 1.82) is 0 Å². The third kappa shape index (κ3) is 3.48. The van der Waals surface area contributed by atoms with Gasteiger partial charge in [0.1, 0.15) is 18.8 Å². The van der Waals surface area contributed by atoms with Crippen molar-refractivity contribution < 1.29 is 14.7 Å². The fourth-order valence-corrected chi connectivity index (χ4v) is 2.73. The fourth-order valence-electron chi connectivity index (χ4n) is 2.73. The topological polar surface area (TPSA) is 33.9 Å². The molecule has 1 saturated heterocycles. The van der Waals surface area contributed by atoms with Gasteiger partial charge in [-0.25, -0.2) is 0 Å². The van der Waals surface area contributed by atoms with E-state index in [0.717, 1.165) is 37.4 Å². The quantitative estimate of drug-likeness (QED) is 0.821. The van der Waals surface area contributed by atoms with Gasteiger partial charge in [0.25, 0.3) is 0 Å². The van der Waals surface area contributed by atoms with Crippen LogP contribution in [0.3, 0.4) is 0 Å². The second-order valence-electron chi connectivity index (χ2n) is 5.40. The van der Waals surface area contributed by atoms with Crippen molar-refractivity contribution in [2.75, 3.05) is 26.3 Å². The average molecular weight is 294 g/mol. The molecule has 1 aliphatic heterocycles. The van der Waals surface area contributed by atoms with Crippen LogP contribution in [0, 0.1) is 11.8 Å². The van der Waals surface area contributed by atoms with Gasteiger partial charge in [-0.2, -0.15) is 0 Å². The number of nitrogens with one attached hydrogen (secondary N) is 1. The van der Waals surface area contributed by atoms with E-state index in [1.54, 1.807) is 6.07 Å². The lowest BCUT2D eigenvalue weighted by Crippen LogP contribution is -3.14. The van der Waals surface area contributed by atoms with E-state index in [0.29, 0.717) is 5.75 Å². The molecule has 2 N–H and O–H groups in total. The molecule has 3 nitrogen and oxygen atoms in total. The standard InChI is InChI=1S/C19H19NO2/c21-19-9-5-4-8-17(19)18(20-12-14-22-15-13-20)11-10-16-6-2-1-3-7-16/h1-9,18,21H,12-15H2/p+1/t18-/m0/s1. The minimum Gasteiger partial charge on any atom is -0.507 e. The molecular formula is C19H20NO2+. The normalized spacial score (nSPS) is 16.5. The van der Waals surface area contributed by atoms with Crippen LogP contribution in [0.25, 0.3) is 0 Å². The zero-order valence-corrected chi connectivity index (χ0v) is 12.5. The Morgan fingerprint density at radius 1 is 0.955 bits per heavy atom. The Balaban J connectivity index is 1.93. The van der Waals surface area contributed by atoms with E-state index in [1.165, 1.54) is 4.90 Å². The first-order valence-electron chi connectivity index (χ1n) is 7.61. The lowest BCUT2D eigenvalue weighted by atomic mass is 10.0. The lowest BCUT2D eigenvalue weighted by molar-refractivity contribution is -0.930. The molecule has 3 rings (SSSR count). The summed E-state index contributed by atoms with van der Waals surface area (Å²) in [5, 5.41) is 10.2. The molecule has 0 aromatic heterocycles. The largest absolute Gasteiger partial charge is 0.507 e. The van der Waals surface area contributed by atoms with Gasteiger partial charge >= 0.3 is 0 Å². The zero-order chi connectivity index (χ0) is 15.2. The second-order valence-corrected chi connectivity index (χ2v) is 5.40. The van der Waals surface area contributed by atoms with Crippen molar-refractivity contribution in [3.05, 3.63) is 65.7 Å². The van der Waals surface area contributed by atoms with Gasteiger partial charge in [0.15, 0.2) is 6.04 Å². The van der Waals surface area contributed by atoms with Crippen LogP contribution in [-0.4, -0.2) is 31.4 Å². The van der Waals surface area contributed by atoms with Crippen LogP contribution in [0.5, 0.6) is 5.75 Å². The molecule has 0 aliphatic carbocycles. The van der Waals surface area contributed by atoms with Gasteiger partial charge in [0.2, 0.25) is 0 Å². The highest BCUT2D eigenvalue weighted by molar-refractivity contribution is 5.41. The first kappa shape index (κ1) is 14.6. The number of phenolic OH excluding ortho intramolecular Hbond substituents is 1. The predicted octanol–water partition coefficient (Wildman–Crippen LogP) is 1.40. The van der Waals surface area contributed by atoms with Crippen LogP contribution in [0.15, 0.2) is 54.6 Å². The first-order valence-corrected chi connectivity index (χ1v) is 7.61. The van der Waals surface area contributed by atoms with Gasteiger partial charge in [0.05, 0.1) is 18.8 Å². The highest BCUT2D eigenvalue weighted by Crippen LogP contribution is 2.21. The molecule has 0 radical (unpaired) electrons. The Hall–Kier alpha value is -2.28. The highest BCUT2D eigenvalue weighted by Gasteiger charge is 2.26. The van der Waals surface area contributed by atoms with E-state index in [2.05, 4.69) is 11.8 Å². The molecule has 112 valence electrons. The number of para-hydroxylation sites is 1. The average Bonchev–Trinajstić information content (AvgIpc) is 2.58. The van der Waals surface area contributed by atoms with E-state index in [9.17, 15) is 5.11 Å². The third-order valence-electron chi connectivity index (χ3n) is 3.93. The van der Waals surface area contributed by atoms with E-state index in [-0.39, 0.29) is 6.04 Å². The summed E-state index contributed by atoms with van der Waals surface area (Å²) < 4.78 is 5.45. The van der Waals surface area contributed by atoms with E-state index < -0.39 is 0 Å². The van der Waals surface area contributed by atoms with Crippen molar-refractivity contribution >= 4 is 0 Å². The summed E-state index contributed by atoms with van der Waals surface area (Å²) in [6, 6.07) is 17.4. The van der Waals surface area contributed by atoms with Crippen LogP contribution < -0.4 is 4.90 Å². The highest BCUT2D eigenvalue weighted by atomic mass is 16.5. The summed E-state index contributed by atoms with van der Waals surface area (Å²) in [7, 11) is 0. The number of rotatable bonds is 2. The molecule has 22 heavy (non-hydrogen) atoms. The third-order valence-corrected chi connectivity index (χ3v) is 3.93. The van der Waals surface area contributed by atoms with E-state index in [4.69, 9.17) is 4.74 Å². The Kier molecular flexibility index (Phi) is 4.75. The van der Waals surface area contributed by atoms with Crippen molar-refractivity contribution in [1.82, 2.24) is 0 Å². The van der Waals surface area contributed by atoms with Gasteiger partial charge in [-0.3, -0.25) is 0 Å². The number of aromatic hydroxyl groups is 1. The Bertz CT molecular complexity index is 667. The van der Waals surface area contributed by atoms with Crippen LogP contribution in [0.2, 0.25) is 0 Å². The zero-order valence-electron chi connectivity index (χ0n) is 12.5. The fraction of sp³-hybridized carbons (Fsp3) is 0.263. The van der Waals surface area contributed by atoms with Gasteiger partial charge in [-0.05, 0) is 30.2 Å². The molecule has 1 atom stereocenters. The maximum Gasteiger partial charge on any atom is 0.179 e. The molecule has 1 fully saturated rings. The molecule has 0 saturated carbocycles. The summed E-state index contributed by atoms with van der Waals surface area (Å²) in [6.07, 6.45) is 0.